The lowest BCUT2D eigenvalue weighted by Gasteiger charge is -2.30. The number of imidazole rings is 1. The lowest BCUT2D eigenvalue weighted by Crippen LogP contribution is -2.42. The fourth-order valence-corrected chi connectivity index (χ4v) is 2.22. The summed E-state index contributed by atoms with van der Waals surface area (Å²) in [6.45, 7) is 8.18. The summed E-state index contributed by atoms with van der Waals surface area (Å²) in [5, 5.41) is 9.17. The van der Waals surface area contributed by atoms with Crippen molar-refractivity contribution in [3.05, 3.63) is 17.2 Å². The number of hydrogen-bond donors (Lipinski definition) is 1. The predicted octanol–water partition coefficient (Wildman–Crippen LogP) is 1.64. The van der Waals surface area contributed by atoms with Crippen molar-refractivity contribution >= 4 is 12.1 Å². The Morgan fingerprint density at radius 3 is 2.50 bits per heavy atom. The molecule has 0 fully saturated rings. The van der Waals surface area contributed by atoms with Crippen LogP contribution >= 0.6 is 0 Å². The predicted molar refractivity (Wildman–Crippen MR) is 70.6 cm³/mol. The fraction of sp³-hybridized carbons (Fsp3) is 0.615. The van der Waals surface area contributed by atoms with E-state index in [0.717, 1.165) is 0 Å². The van der Waals surface area contributed by atoms with Crippen molar-refractivity contribution in [3.8, 4) is 0 Å². The molecule has 1 N–H and O–H groups in total. The first-order valence-corrected chi connectivity index (χ1v) is 6.46. The van der Waals surface area contributed by atoms with E-state index in [9.17, 15) is 14.7 Å². The van der Waals surface area contributed by atoms with Gasteiger partial charge in [-0.15, -0.1) is 0 Å². The zero-order valence-corrected chi connectivity index (χ0v) is 12.1. The van der Waals surface area contributed by atoms with Gasteiger partial charge in [-0.3, -0.25) is 4.90 Å². The van der Waals surface area contributed by atoms with Crippen LogP contribution in [0.3, 0.4) is 0 Å². The third-order valence-electron chi connectivity index (χ3n) is 3.00. The van der Waals surface area contributed by atoms with Gasteiger partial charge in [-0.25, -0.2) is 14.6 Å². The molecular formula is C13H19N3O4. The lowest BCUT2D eigenvalue weighted by molar-refractivity contribution is 0.0194. The van der Waals surface area contributed by atoms with Crippen LogP contribution in [0.25, 0.3) is 0 Å². The smallest absolute Gasteiger partial charge is 0.410 e. The molecule has 0 atom stereocenters. The number of aromatic carboxylic acids is 1. The van der Waals surface area contributed by atoms with E-state index < -0.39 is 17.7 Å². The molecule has 2 heterocycles. The van der Waals surface area contributed by atoms with Gasteiger partial charge in [0.2, 0.25) is 0 Å². The molecule has 1 aliphatic rings. The van der Waals surface area contributed by atoms with Crippen LogP contribution in [0.5, 0.6) is 0 Å². The second kappa shape index (κ2) is 4.81. The van der Waals surface area contributed by atoms with E-state index in [0.29, 0.717) is 24.6 Å². The lowest BCUT2D eigenvalue weighted by atomic mass is 10.2. The van der Waals surface area contributed by atoms with Crippen LogP contribution < -0.4 is 0 Å². The maximum atomic E-state index is 12.0. The van der Waals surface area contributed by atoms with Crippen molar-refractivity contribution in [3.63, 3.8) is 0 Å². The second-order valence-electron chi connectivity index (χ2n) is 5.82. The summed E-state index contributed by atoms with van der Waals surface area (Å²) in [6.07, 6.45) is -0.402. The van der Waals surface area contributed by atoms with Gasteiger partial charge in [0.05, 0.1) is 12.2 Å². The molecule has 0 bridgehead atoms. The Hall–Kier alpha value is -2.05. The number of fused-ring (bicyclic) bond motifs is 1. The molecule has 1 aromatic heterocycles. The van der Waals surface area contributed by atoms with E-state index in [1.54, 1.807) is 16.4 Å². The zero-order chi connectivity index (χ0) is 15.1. The number of nitrogens with zero attached hydrogens (tertiary/aromatic N) is 3. The molecule has 1 aliphatic heterocycles. The summed E-state index contributed by atoms with van der Waals surface area (Å²) < 4.78 is 6.96. The van der Waals surface area contributed by atoms with Gasteiger partial charge in [0.15, 0.2) is 0 Å². The van der Waals surface area contributed by atoms with Crippen LogP contribution in [0.1, 0.15) is 42.8 Å². The summed E-state index contributed by atoms with van der Waals surface area (Å²) >= 11 is 0. The Morgan fingerprint density at radius 2 is 1.95 bits per heavy atom. The summed E-state index contributed by atoms with van der Waals surface area (Å²) in [6, 6.07) is 0. The van der Waals surface area contributed by atoms with Crippen molar-refractivity contribution in [1.82, 2.24) is 14.5 Å². The molecule has 0 saturated carbocycles. The number of carbonyl (C=O) groups excluding carboxylic acids is 1. The molecule has 7 nitrogen and oxygen atoms in total. The molecule has 110 valence electrons. The van der Waals surface area contributed by atoms with Crippen LogP contribution in [0, 0.1) is 6.92 Å². The Labute approximate surface area is 117 Å². The molecule has 20 heavy (non-hydrogen) atoms. The van der Waals surface area contributed by atoms with Crippen molar-refractivity contribution < 1.29 is 19.4 Å². The maximum absolute atomic E-state index is 12.0. The normalized spacial score (nSPS) is 14.9. The number of rotatable bonds is 1. The third-order valence-corrected chi connectivity index (χ3v) is 3.00. The fourth-order valence-electron chi connectivity index (χ4n) is 2.22. The van der Waals surface area contributed by atoms with E-state index in [4.69, 9.17) is 4.74 Å². The molecule has 7 heteroatoms. The molecular weight excluding hydrogens is 262 g/mol. The van der Waals surface area contributed by atoms with Crippen molar-refractivity contribution in [2.45, 2.75) is 46.4 Å². The Bertz CT molecular complexity index is 557. The highest BCUT2D eigenvalue weighted by Gasteiger charge is 2.29. The molecule has 0 unspecified atom stereocenters. The van der Waals surface area contributed by atoms with E-state index in [1.807, 2.05) is 20.8 Å². The van der Waals surface area contributed by atoms with Crippen molar-refractivity contribution in [2.24, 2.45) is 0 Å². The number of amides is 1. The number of carboxylic acid groups (broad SMARTS) is 1. The van der Waals surface area contributed by atoms with E-state index in [-0.39, 0.29) is 12.2 Å². The number of hydrogen-bond acceptors (Lipinski definition) is 4. The number of aromatic nitrogens is 2. The average molecular weight is 281 g/mol. The van der Waals surface area contributed by atoms with E-state index in [2.05, 4.69) is 4.98 Å². The number of carboxylic acids is 1. The van der Waals surface area contributed by atoms with Gasteiger partial charge in [0.25, 0.3) is 0 Å². The summed E-state index contributed by atoms with van der Waals surface area (Å²) in [7, 11) is 0. The Morgan fingerprint density at radius 1 is 1.30 bits per heavy atom. The van der Waals surface area contributed by atoms with Crippen LogP contribution in [0.4, 0.5) is 4.79 Å². The van der Waals surface area contributed by atoms with Gasteiger partial charge < -0.3 is 14.4 Å². The van der Waals surface area contributed by atoms with Crippen molar-refractivity contribution in [2.75, 3.05) is 6.54 Å². The summed E-state index contributed by atoms with van der Waals surface area (Å²) in [4.78, 5) is 29.0. The molecule has 2 rings (SSSR count). The Kier molecular flexibility index (Phi) is 3.45. The molecule has 0 radical (unpaired) electrons. The average Bonchev–Trinajstić information content (AvgIpc) is 2.61. The van der Waals surface area contributed by atoms with Gasteiger partial charge in [-0.2, -0.15) is 0 Å². The summed E-state index contributed by atoms with van der Waals surface area (Å²) in [5.74, 6) is -0.413. The first-order chi connectivity index (χ1) is 9.19. The van der Waals surface area contributed by atoms with Crippen LogP contribution in [0.15, 0.2) is 0 Å². The first kappa shape index (κ1) is 14.4. The largest absolute Gasteiger partial charge is 0.477 e. The maximum Gasteiger partial charge on any atom is 0.410 e. The highest BCUT2D eigenvalue weighted by Crippen LogP contribution is 2.19. The molecule has 1 amide bonds. The van der Waals surface area contributed by atoms with E-state index in [1.165, 1.54) is 0 Å². The van der Waals surface area contributed by atoms with E-state index >= 15 is 0 Å². The number of ether oxygens (including phenoxy) is 1. The van der Waals surface area contributed by atoms with Crippen LogP contribution in [-0.4, -0.2) is 43.8 Å². The SMILES string of the molecule is Cc1nc2n(c1C(=O)O)CCN(C(=O)OC(C)(C)C)C2. The topological polar surface area (TPSA) is 84.7 Å². The van der Waals surface area contributed by atoms with Crippen LogP contribution in [0.2, 0.25) is 0 Å². The molecule has 0 spiro atoms. The van der Waals surface area contributed by atoms with Gasteiger partial charge in [-0.05, 0) is 27.7 Å². The van der Waals surface area contributed by atoms with Gasteiger partial charge >= 0.3 is 12.1 Å². The van der Waals surface area contributed by atoms with Gasteiger partial charge in [-0.1, -0.05) is 0 Å². The zero-order valence-electron chi connectivity index (χ0n) is 12.1. The minimum Gasteiger partial charge on any atom is -0.477 e. The van der Waals surface area contributed by atoms with Crippen LogP contribution in [-0.2, 0) is 17.8 Å². The highest BCUT2D eigenvalue weighted by atomic mass is 16.6. The Balaban J connectivity index is 2.18. The molecule has 0 aromatic carbocycles. The second-order valence-corrected chi connectivity index (χ2v) is 5.82. The number of aryl methyl sites for hydroxylation is 1. The van der Waals surface area contributed by atoms with Gasteiger partial charge in [0, 0.05) is 13.1 Å². The minimum absolute atomic E-state index is 0.198. The minimum atomic E-state index is -0.994. The monoisotopic (exact) mass is 281 g/mol. The van der Waals surface area contributed by atoms with Gasteiger partial charge in [0.1, 0.15) is 17.1 Å². The highest BCUT2D eigenvalue weighted by molar-refractivity contribution is 5.87. The first-order valence-electron chi connectivity index (χ1n) is 6.46. The summed E-state index contributed by atoms with van der Waals surface area (Å²) in [5.41, 5.74) is 0.119. The number of carbonyl (C=O) groups is 2. The third kappa shape index (κ3) is 2.76. The standard InChI is InChI=1S/C13H19N3O4/c1-8-10(11(17)18)16-6-5-15(7-9(16)14-8)12(19)20-13(2,3)4/h5-7H2,1-4H3,(H,17,18). The molecule has 0 aliphatic carbocycles. The quantitative estimate of drug-likeness (QED) is 0.846. The molecule has 1 aromatic rings. The molecule has 0 saturated heterocycles. The van der Waals surface area contributed by atoms with Crippen molar-refractivity contribution in [1.29, 1.82) is 0 Å².